The highest BCUT2D eigenvalue weighted by molar-refractivity contribution is 7.89. The van der Waals surface area contributed by atoms with Crippen molar-refractivity contribution in [3.63, 3.8) is 0 Å². The molecule has 1 aliphatic heterocycles. The van der Waals surface area contributed by atoms with Crippen LogP contribution in [0.5, 0.6) is 0 Å². The van der Waals surface area contributed by atoms with Crippen molar-refractivity contribution >= 4 is 40.7 Å². The van der Waals surface area contributed by atoms with E-state index in [0.717, 1.165) is 68.8 Å². The van der Waals surface area contributed by atoms with Gasteiger partial charge < -0.3 is 4.90 Å². The van der Waals surface area contributed by atoms with E-state index in [9.17, 15) is 8.42 Å². The Kier molecular flexibility index (Phi) is 9.79. The van der Waals surface area contributed by atoms with Gasteiger partial charge in [-0.05, 0) is 56.5 Å². The van der Waals surface area contributed by atoms with Crippen molar-refractivity contribution in [3.8, 4) is 11.1 Å². The van der Waals surface area contributed by atoms with Crippen LogP contribution in [0, 0.1) is 0 Å². The second-order valence-electron chi connectivity index (χ2n) is 8.65. The Morgan fingerprint density at radius 1 is 0.906 bits per heavy atom. The van der Waals surface area contributed by atoms with Crippen molar-refractivity contribution in [2.45, 2.75) is 56.5 Å². The average molecular weight is 502 g/mol. The van der Waals surface area contributed by atoms with Gasteiger partial charge in [0.1, 0.15) is 5.82 Å². The van der Waals surface area contributed by atoms with Crippen LogP contribution < -0.4 is 9.62 Å². The third-order valence-electron chi connectivity index (χ3n) is 6.29. The normalized spacial score (nSPS) is 17.8. The Morgan fingerprint density at radius 2 is 1.50 bits per heavy atom. The maximum atomic E-state index is 12.6. The zero-order valence-corrected chi connectivity index (χ0v) is 21.2. The lowest BCUT2D eigenvalue weighted by molar-refractivity contribution is 0.209. The van der Waals surface area contributed by atoms with E-state index in [1.54, 1.807) is 12.1 Å². The van der Waals surface area contributed by atoms with Crippen molar-refractivity contribution in [2.24, 2.45) is 0 Å². The molecule has 1 saturated heterocycles. The quantitative estimate of drug-likeness (QED) is 0.638. The van der Waals surface area contributed by atoms with Crippen LogP contribution in [0.4, 0.5) is 5.82 Å². The lowest BCUT2D eigenvalue weighted by Crippen LogP contribution is -2.49. The summed E-state index contributed by atoms with van der Waals surface area (Å²) >= 11 is 0. The third-order valence-corrected chi connectivity index (χ3v) is 7.83. The molecule has 2 fully saturated rings. The van der Waals surface area contributed by atoms with Gasteiger partial charge in [0.25, 0.3) is 0 Å². The first kappa shape index (κ1) is 26.9. The van der Waals surface area contributed by atoms with Crippen LogP contribution >= 0.6 is 24.8 Å². The van der Waals surface area contributed by atoms with E-state index < -0.39 is 10.0 Å². The largest absolute Gasteiger partial charge is 0.354 e. The summed E-state index contributed by atoms with van der Waals surface area (Å²) in [7, 11) is -3.45. The number of aromatic nitrogens is 1. The number of sulfonamides is 1. The topological polar surface area (TPSA) is 65.5 Å². The molecule has 4 rings (SSSR count). The lowest BCUT2D eigenvalue weighted by atomic mass is 10.1. The zero-order valence-electron chi connectivity index (χ0n) is 18.7. The minimum Gasteiger partial charge on any atom is -0.354 e. The molecular weight excluding hydrogens is 467 g/mol. The van der Waals surface area contributed by atoms with Gasteiger partial charge in [-0.2, -0.15) is 0 Å². The Labute approximate surface area is 204 Å². The summed E-state index contributed by atoms with van der Waals surface area (Å²) in [5.41, 5.74) is 1.96. The average Bonchev–Trinajstić information content (AvgIpc) is 3.26. The third kappa shape index (κ3) is 6.35. The molecule has 0 amide bonds. The van der Waals surface area contributed by atoms with Crippen LogP contribution in [0.1, 0.15) is 39.5 Å². The molecule has 2 aliphatic rings. The molecule has 6 nitrogen and oxygen atoms in total. The van der Waals surface area contributed by atoms with Gasteiger partial charge in [-0.15, -0.1) is 24.8 Å². The Bertz CT molecular complexity index is 939. The van der Waals surface area contributed by atoms with Crippen molar-refractivity contribution in [2.75, 3.05) is 31.1 Å². The fourth-order valence-corrected chi connectivity index (χ4v) is 5.67. The zero-order chi connectivity index (χ0) is 21.1. The van der Waals surface area contributed by atoms with Crippen molar-refractivity contribution in [1.82, 2.24) is 14.6 Å². The Balaban J connectivity index is 0.00000181. The number of pyridine rings is 1. The van der Waals surface area contributed by atoms with Crippen LogP contribution in [0.25, 0.3) is 11.1 Å². The molecule has 0 bridgehead atoms. The molecule has 0 atom stereocenters. The number of nitrogens with zero attached hydrogens (tertiary/aromatic N) is 3. The van der Waals surface area contributed by atoms with Gasteiger partial charge in [0, 0.05) is 50.0 Å². The fraction of sp³-hybridized carbons (Fsp3) is 0.522. The monoisotopic (exact) mass is 500 g/mol. The molecule has 2 heterocycles. The smallest absolute Gasteiger partial charge is 0.240 e. The number of hydrogen-bond acceptors (Lipinski definition) is 5. The Morgan fingerprint density at radius 3 is 2.03 bits per heavy atom. The first-order valence-corrected chi connectivity index (χ1v) is 12.5. The summed E-state index contributed by atoms with van der Waals surface area (Å²) in [6.45, 7) is 8.59. The molecule has 2 aromatic rings. The minimum absolute atomic E-state index is 0. The maximum absolute atomic E-state index is 12.6. The second kappa shape index (κ2) is 11.7. The van der Waals surface area contributed by atoms with E-state index in [0.29, 0.717) is 10.9 Å². The van der Waals surface area contributed by atoms with E-state index in [4.69, 9.17) is 0 Å². The number of piperazine rings is 1. The van der Waals surface area contributed by atoms with Gasteiger partial charge in [-0.3, -0.25) is 4.90 Å². The van der Waals surface area contributed by atoms with Gasteiger partial charge in [0.2, 0.25) is 10.0 Å². The highest BCUT2D eigenvalue weighted by atomic mass is 35.5. The molecule has 32 heavy (non-hydrogen) atoms. The molecule has 1 N–H and O–H groups in total. The second-order valence-corrected chi connectivity index (χ2v) is 10.4. The van der Waals surface area contributed by atoms with E-state index >= 15 is 0 Å². The minimum atomic E-state index is -3.45. The lowest BCUT2D eigenvalue weighted by Gasteiger charge is -2.37. The number of nitrogens with one attached hydrogen (secondary N) is 1. The number of rotatable bonds is 6. The summed E-state index contributed by atoms with van der Waals surface area (Å²) in [4.78, 5) is 9.80. The number of benzene rings is 1. The van der Waals surface area contributed by atoms with Gasteiger partial charge in [-0.1, -0.05) is 25.0 Å². The summed E-state index contributed by atoms with van der Waals surface area (Å²) in [6, 6.07) is 11.9. The predicted molar refractivity (Wildman–Crippen MR) is 136 cm³/mol. The van der Waals surface area contributed by atoms with E-state index in [-0.39, 0.29) is 30.9 Å². The molecule has 9 heteroatoms. The molecule has 0 spiro atoms. The fourth-order valence-electron chi connectivity index (χ4n) is 4.37. The van der Waals surface area contributed by atoms with Crippen molar-refractivity contribution in [1.29, 1.82) is 0 Å². The standard InChI is InChI=1S/C23H32N4O2S.2ClH/c1-18(2)26-13-15-27(16-14-26)23-12-9-20(17-24-23)19-7-10-22(11-8-19)30(28,29)25-21-5-3-4-6-21;;/h7-12,17-18,21,25H,3-6,13-16H2,1-2H3;2*1H. The molecule has 1 aliphatic carbocycles. The number of hydrogen-bond donors (Lipinski definition) is 1. The first-order valence-electron chi connectivity index (χ1n) is 11.0. The molecule has 0 unspecified atom stereocenters. The van der Waals surface area contributed by atoms with Gasteiger partial charge in [-0.25, -0.2) is 18.1 Å². The van der Waals surface area contributed by atoms with Crippen LogP contribution in [0.3, 0.4) is 0 Å². The summed E-state index contributed by atoms with van der Waals surface area (Å²) < 4.78 is 28.0. The predicted octanol–water partition coefficient (Wildman–Crippen LogP) is 4.34. The van der Waals surface area contributed by atoms with Crippen LogP contribution in [0.15, 0.2) is 47.5 Å². The molecule has 1 aromatic heterocycles. The molecule has 178 valence electrons. The number of anilines is 1. The maximum Gasteiger partial charge on any atom is 0.240 e. The van der Waals surface area contributed by atoms with Crippen LogP contribution in [0.2, 0.25) is 0 Å². The van der Waals surface area contributed by atoms with Crippen LogP contribution in [-0.4, -0.2) is 56.6 Å². The van der Waals surface area contributed by atoms with E-state index in [1.807, 2.05) is 18.3 Å². The highest BCUT2D eigenvalue weighted by Crippen LogP contribution is 2.25. The van der Waals surface area contributed by atoms with Crippen LogP contribution in [-0.2, 0) is 10.0 Å². The summed E-state index contributed by atoms with van der Waals surface area (Å²) in [5, 5.41) is 0. The van der Waals surface area contributed by atoms with Gasteiger partial charge in [0.15, 0.2) is 0 Å². The molecular formula is C23H34Cl2N4O2S. The SMILES string of the molecule is CC(C)N1CCN(c2ccc(-c3ccc(S(=O)(=O)NC4CCCC4)cc3)cn2)CC1.Cl.Cl. The highest BCUT2D eigenvalue weighted by Gasteiger charge is 2.23. The van der Waals surface area contributed by atoms with Crippen molar-refractivity contribution < 1.29 is 8.42 Å². The molecule has 0 radical (unpaired) electrons. The summed E-state index contributed by atoms with van der Waals surface area (Å²) in [5.74, 6) is 1.00. The van der Waals surface area contributed by atoms with E-state index in [2.05, 4.69) is 45.5 Å². The number of halogens is 2. The van der Waals surface area contributed by atoms with Gasteiger partial charge in [0.05, 0.1) is 4.90 Å². The summed E-state index contributed by atoms with van der Waals surface area (Å²) in [6.07, 6.45) is 5.94. The van der Waals surface area contributed by atoms with E-state index in [1.165, 1.54) is 0 Å². The molecule has 1 saturated carbocycles. The Hall–Kier alpha value is -1.38. The van der Waals surface area contributed by atoms with Crippen molar-refractivity contribution in [3.05, 3.63) is 42.6 Å². The van der Waals surface area contributed by atoms with Gasteiger partial charge >= 0.3 is 0 Å². The molecule has 1 aromatic carbocycles. The first-order chi connectivity index (χ1) is 14.4.